The Hall–Kier alpha value is -4.34. The molecule has 0 aliphatic rings. The molecule has 6 rings (SSSR count). The molecule has 1 aromatic heterocycles. The van der Waals surface area contributed by atoms with Crippen LogP contribution < -0.4 is 0 Å². The van der Waals surface area contributed by atoms with E-state index in [1.165, 1.54) is 16.5 Å². The molecule has 6 aromatic rings. The lowest BCUT2D eigenvalue weighted by atomic mass is 9.98. The zero-order chi connectivity index (χ0) is 23.6. The fourth-order valence-electron chi connectivity index (χ4n) is 4.26. The van der Waals surface area contributed by atoms with E-state index in [9.17, 15) is 0 Å². The highest BCUT2D eigenvalue weighted by molar-refractivity contribution is 6.28. The molecule has 35 heavy (non-hydrogen) atoms. The Kier molecular flexibility index (Phi) is 5.53. The fraction of sp³-hybridized carbons (Fsp3) is 0. The SMILES string of the molecule is Clc1nc(-c2ccc(-c3cccc(-c4ccccc4)c3)cc2)nc(-c2ccc3ccccc3c2)n1. The lowest BCUT2D eigenvalue weighted by molar-refractivity contribution is 1.07. The van der Waals surface area contributed by atoms with E-state index in [2.05, 4.69) is 94.9 Å². The molecular weight excluding hydrogens is 450 g/mol. The van der Waals surface area contributed by atoms with Gasteiger partial charge in [-0.25, -0.2) is 4.98 Å². The summed E-state index contributed by atoms with van der Waals surface area (Å²) >= 11 is 6.31. The number of halogens is 1. The summed E-state index contributed by atoms with van der Waals surface area (Å²) in [5.41, 5.74) is 6.47. The van der Waals surface area contributed by atoms with Crippen molar-refractivity contribution in [3.05, 3.63) is 127 Å². The number of fused-ring (bicyclic) bond motifs is 1. The first-order valence-corrected chi connectivity index (χ1v) is 11.8. The Morgan fingerprint density at radius 3 is 1.66 bits per heavy atom. The monoisotopic (exact) mass is 469 g/mol. The van der Waals surface area contributed by atoms with Crippen molar-refractivity contribution < 1.29 is 0 Å². The summed E-state index contributed by atoms with van der Waals surface area (Å²) in [5.74, 6) is 1.11. The van der Waals surface area contributed by atoms with Gasteiger partial charge in [0.25, 0.3) is 0 Å². The third-order valence-corrected chi connectivity index (χ3v) is 6.23. The Balaban J connectivity index is 1.33. The van der Waals surface area contributed by atoms with Gasteiger partial charge in [0, 0.05) is 11.1 Å². The van der Waals surface area contributed by atoms with Crippen molar-refractivity contribution in [2.45, 2.75) is 0 Å². The summed E-state index contributed by atoms with van der Waals surface area (Å²) in [6.07, 6.45) is 0. The molecule has 0 atom stereocenters. The average molecular weight is 470 g/mol. The van der Waals surface area contributed by atoms with E-state index >= 15 is 0 Å². The molecular formula is C31H20ClN3. The molecule has 0 saturated carbocycles. The van der Waals surface area contributed by atoms with Crippen LogP contribution in [0, 0.1) is 0 Å². The number of nitrogens with zero attached hydrogens (tertiary/aromatic N) is 3. The third-order valence-electron chi connectivity index (χ3n) is 6.06. The quantitative estimate of drug-likeness (QED) is 0.260. The Bertz CT molecular complexity index is 1640. The van der Waals surface area contributed by atoms with Crippen LogP contribution in [0.3, 0.4) is 0 Å². The van der Waals surface area contributed by atoms with E-state index in [1.54, 1.807) is 0 Å². The lowest BCUT2D eigenvalue weighted by Gasteiger charge is -2.08. The van der Waals surface area contributed by atoms with Crippen molar-refractivity contribution >= 4 is 22.4 Å². The van der Waals surface area contributed by atoms with E-state index in [1.807, 2.05) is 36.4 Å². The summed E-state index contributed by atoms with van der Waals surface area (Å²) < 4.78 is 0. The molecule has 0 spiro atoms. The van der Waals surface area contributed by atoms with E-state index in [4.69, 9.17) is 16.6 Å². The van der Waals surface area contributed by atoms with Gasteiger partial charge in [0.2, 0.25) is 5.28 Å². The maximum absolute atomic E-state index is 6.31. The van der Waals surface area contributed by atoms with E-state index in [-0.39, 0.29) is 5.28 Å². The fourth-order valence-corrected chi connectivity index (χ4v) is 4.42. The largest absolute Gasteiger partial charge is 0.226 e. The molecule has 166 valence electrons. The number of aromatic nitrogens is 3. The van der Waals surface area contributed by atoms with Crippen LogP contribution in [0.1, 0.15) is 0 Å². The number of hydrogen-bond acceptors (Lipinski definition) is 3. The van der Waals surface area contributed by atoms with Gasteiger partial charge < -0.3 is 0 Å². The first kappa shape index (κ1) is 21.2. The van der Waals surface area contributed by atoms with Gasteiger partial charge in [0.05, 0.1) is 0 Å². The minimum absolute atomic E-state index is 0.179. The van der Waals surface area contributed by atoms with Gasteiger partial charge in [-0.15, -0.1) is 0 Å². The van der Waals surface area contributed by atoms with Crippen LogP contribution in [0.2, 0.25) is 5.28 Å². The molecule has 0 aliphatic carbocycles. The lowest BCUT2D eigenvalue weighted by Crippen LogP contribution is -1.97. The highest BCUT2D eigenvalue weighted by Crippen LogP contribution is 2.29. The minimum atomic E-state index is 0.179. The van der Waals surface area contributed by atoms with Crippen LogP contribution in [0.4, 0.5) is 0 Å². The summed E-state index contributed by atoms with van der Waals surface area (Å²) in [5, 5.41) is 2.48. The number of hydrogen-bond donors (Lipinski definition) is 0. The van der Waals surface area contributed by atoms with Gasteiger partial charge in [-0.3, -0.25) is 0 Å². The van der Waals surface area contributed by atoms with E-state index in [0.29, 0.717) is 11.6 Å². The molecule has 0 saturated heterocycles. The Labute approximate surface area is 208 Å². The Morgan fingerprint density at radius 1 is 0.371 bits per heavy atom. The molecule has 4 heteroatoms. The van der Waals surface area contributed by atoms with Crippen LogP contribution >= 0.6 is 11.6 Å². The topological polar surface area (TPSA) is 38.7 Å². The van der Waals surface area contributed by atoms with Crippen LogP contribution in [-0.4, -0.2) is 15.0 Å². The smallest absolute Gasteiger partial charge is 0.208 e. The van der Waals surface area contributed by atoms with Crippen LogP contribution in [0.25, 0.3) is 55.8 Å². The summed E-state index contributed by atoms with van der Waals surface area (Å²) in [4.78, 5) is 13.5. The molecule has 0 bridgehead atoms. The Morgan fingerprint density at radius 2 is 0.914 bits per heavy atom. The third kappa shape index (κ3) is 4.42. The van der Waals surface area contributed by atoms with Crippen molar-refractivity contribution in [2.24, 2.45) is 0 Å². The van der Waals surface area contributed by atoms with Crippen molar-refractivity contribution in [3.63, 3.8) is 0 Å². The predicted molar refractivity (Wildman–Crippen MR) is 144 cm³/mol. The van der Waals surface area contributed by atoms with Crippen molar-refractivity contribution in [1.82, 2.24) is 15.0 Å². The van der Waals surface area contributed by atoms with Gasteiger partial charge in [-0.2, -0.15) is 9.97 Å². The van der Waals surface area contributed by atoms with Gasteiger partial charge in [-0.05, 0) is 56.8 Å². The maximum atomic E-state index is 6.31. The first-order valence-electron chi connectivity index (χ1n) is 11.4. The second kappa shape index (κ2) is 9.13. The van der Waals surface area contributed by atoms with Crippen molar-refractivity contribution in [2.75, 3.05) is 0 Å². The number of benzene rings is 5. The zero-order valence-corrected chi connectivity index (χ0v) is 19.5. The molecule has 0 unspecified atom stereocenters. The van der Waals surface area contributed by atoms with Gasteiger partial charge in [-0.1, -0.05) is 109 Å². The zero-order valence-electron chi connectivity index (χ0n) is 18.8. The minimum Gasteiger partial charge on any atom is -0.208 e. The second-order valence-electron chi connectivity index (χ2n) is 8.34. The summed E-state index contributed by atoms with van der Waals surface area (Å²) in [6.45, 7) is 0. The summed E-state index contributed by atoms with van der Waals surface area (Å²) in [7, 11) is 0. The second-order valence-corrected chi connectivity index (χ2v) is 8.68. The van der Waals surface area contributed by atoms with Gasteiger partial charge >= 0.3 is 0 Å². The standard InChI is InChI=1S/C31H20ClN3/c32-31-34-29(33-30(35-31)28-18-15-22-9-4-5-10-25(22)20-28)24-16-13-23(14-17-24)27-12-6-11-26(19-27)21-7-2-1-3-8-21/h1-20H. The van der Waals surface area contributed by atoms with Crippen LogP contribution in [0.15, 0.2) is 121 Å². The molecule has 0 amide bonds. The van der Waals surface area contributed by atoms with E-state index in [0.717, 1.165) is 27.6 Å². The van der Waals surface area contributed by atoms with Crippen molar-refractivity contribution in [1.29, 1.82) is 0 Å². The van der Waals surface area contributed by atoms with Crippen LogP contribution in [-0.2, 0) is 0 Å². The van der Waals surface area contributed by atoms with Gasteiger partial charge in [0.1, 0.15) is 0 Å². The average Bonchev–Trinajstić information content (AvgIpc) is 2.93. The normalized spacial score (nSPS) is 11.0. The van der Waals surface area contributed by atoms with E-state index < -0.39 is 0 Å². The molecule has 3 nitrogen and oxygen atoms in total. The maximum Gasteiger partial charge on any atom is 0.226 e. The van der Waals surface area contributed by atoms with Gasteiger partial charge in [0.15, 0.2) is 11.6 Å². The number of rotatable bonds is 4. The van der Waals surface area contributed by atoms with Crippen LogP contribution in [0.5, 0.6) is 0 Å². The summed E-state index contributed by atoms with van der Waals surface area (Å²) in [6, 6.07) is 41.6. The first-order chi connectivity index (χ1) is 17.2. The predicted octanol–water partition coefficient (Wildman–Crippen LogP) is 8.35. The molecule has 1 heterocycles. The highest BCUT2D eigenvalue weighted by atomic mass is 35.5. The molecule has 0 N–H and O–H groups in total. The van der Waals surface area contributed by atoms with Crippen molar-refractivity contribution in [3.8, 4) is 45.0 Å². The molecule has 0 radical (unpaired) electrons. The molecule has 5 aromatic carbocycles. The molecule has 0 fully saturated rings. The molecule has 0 aliphatic heterocycles. The highest BCUT2D eigenvalue weighted by Gasteiger charge is 2.11.